The maximum atomic E-state index is 12.8. The molecule has 4 amide bonds. The number of halogens is 4. The van der Waals surface area contributed by atoms with E-state index in [1.807, 2.05) is 0 Å². The van der Waals surface area contributed by atoms with Gasteiger partial charge in [0.15, 0.2) is 11.9 Å². The third kappa shape index (κ3) is 9.32. The molecular formula is C19H28F4N4O6. The molecule has 1 aliphatic rings. The van der Waals surface area contributed by atoms with Gasteiger partial charge in [0.05, 0.1) is 6.04 Å². The molecule has 33 heavy (non-hydrogen) atoms. The van der Waals surface area contributed by atoms with Gasteiger partial charge in [-0.2, -0.15) is 0 Å². The summed E-state index contributed by atoms with van der Waals surface area (Å²) in [6.45, 7) is 2.58. The minimum atomic E-state index is -3.55. The molecule has 1 heterocycles. The smallest absolute Gasteiger partial charge is 0.309 e. The number of carbonyl (C=O) groups is 5. The van der Waals surface area contributed by atoms with Crippen molar-refractivity contribution in [3.8, 4) is 0 Å². The molecule has 1 rings (SSSR count). The molecule has 1 aliphatic heterocycles. The summed E-state index contributed by atoms with van der Waals surface area (Å²) in [5, 5.41) is 6.97. The van der Waals surface area contributed by atoms with Gasteiger partial charge in [0.25, 0.3) is 12.9 Å². The van der Waals surface area contributed by atoms with Crippen molar-refractivity contribution in [3.63, 3.8) is 0 Å². The number of ether oxygens (including phenoxy) is 1. The third-order valence-corrected chi connectivity index (χ3v) is 4.86. The lowest BCUT2D eigenvalue weighted by atomic mass is 9.95. The molecule has 5 N–H and O–H groups in total. The quantitative estimate of drug-likeness (QED) is 0.204. The van der Waals surface area contributed by atoms with Gasteiger partial charge < -0.3 is 26.4 Å². The Morgan fingerprint density at radius 3 is 2.15 bits per heavy atom. The first-order valence-corrected chi connectivity index (χ1v) is 10.2. The van der Waals surface area contributed by atoms with Crippen molar-refractivity contribution < 1.29 is 46.3 Å². The molecule has 1 saturated heterocycles. The number of nitrogens with two attached hydrogens (primary N) is 1. The Labute approximate surface area is 187 Å². The molecule has 3 atom stereocenters. The standard InChI is InChI=1S/C19H28F4N4O6/c1-8(2)5-11(27-19(32)16(24)29)18(31)26-10(6-9-3-4-25-17(9)30)12(28)7-33-13(14(20)21)15(22)23/h8-11,13-15H,3-7H2,1-2H3,(H2,24,29)(H,25,30)(H,26,31)(H,27,32)/t9-,10-,11-/m0/s1. The number of primary amides is 1. The first-order valence-electron chi connectivity index (χ1n) is 10.2. The Bertz CT molecular complexity index is 729. The number of amides is 4. The van der Waals surface area contributed by atoms with Crippen LogP contribution in [0.1, 0.15) is 33.1 Å². The zero-order chi connectivity index (χ0) is 25.3. The van der Waals surface area contributed by atoms with E-state index in [9.17, 15) is 41.5 Å². The van der Waals surface area contributed by atoms with Crippen LogP contribution in [0.15, 0.2) is 0 Å². The SMILES string of the molecule is CC(C)C[C@H](NC(=O)C(N)=O)C(=O)N[C@@H](C[C@@H]1CCNC1=O)C(=O)COC(C(F)F)C(F)F. The lowest BCUT2D eigenvalue weighted by Crippen LogP contribution is -2.55. The fourth-order valence-electron chi connectivity index (χ4n) is 3.16. The van der Waals surface area contributed by atoms with Crippen LogP contribution in [0.25, 0.3) is 0 Å². The van der Waals surface area contributed by atoms with E-state index >= 15 is 0 Å². The second-order valence-electron chi connectivity index (χ2n) is 8.00. The normalized spacial score (nSPS) is 17.9. The molecule has 0 radical (unpaired) electrons. The van der Waals surface area contributed by atoms with E-state index in [1.165, 1.54) is 0 Å². The van der Waals surface area contributed by atoms with Crippen LogP contribution < -0.4 is 21.7 Å². The van der Waals surface area contributed by atoms with Gasteiger partial charge in [0.1, 0.15) is 12.6 Å². The number of nitrogens with one attached hydrogen (secondary N) is 3. The van der Waals surface area contributed by atoms with Gasteiger partial charge in [0.2, 0.25) is 11.8 Å². The first-order chi connectivity index (χ1) is 15.3. The van der Waals surface area contributed by atoms with Gasteiger partial charge in [0, 0.05) is 12.5 Å². The largest absolute Gasteiger partial charge is 0.361 e. The van der Waals surface area contributed by atoms with Crippen LogP contribution >= 0.6 is 0 Å². The highest BCUT2D eigenvalue weighted by Gasteiger charge is 2.36. The van der Waals surface area contributed by atoms with Gasteiger partial charge in [-0.05, 0) is 25.2 Å². The molecule has 0 bridgehead atoms. The molecule has 14 heteroatoms. The Morgan fingerprint density at radius 2 is 1.70 bits per heavy atom. The second kappa shape index (κ2) is 13.1. The minimum absolute atomic E-state index is 0.0466. The molecule has 0 spiro atoms. The zero-order valence-corrected chi connectivity index (χ0v) is 18.1. The average Bonchev–Trinajstić information content (AvgIpc) is 3.10. The summed E-state index contributed by atoms with van der Waals surface area (Å²) in [4.78, 5) is 59.9. The monoisotopic (exact) mass is 484 g/mol. The molecule has 1 fully saturated rings. The Kier molecular flexibility index (Phi) is 11.2. The molecule has 0 aromatic rings. The van der Waals surface area contributed by atoms with Crippen LogP contribution in [0, 0.1) is 11.8 Å². The lowest BCUT2D eigenvalue weighted by Gasteiger charge is -2.25. The van der Waals surface area contributed by atoms with E-state index in [0.717, 1.165) is 0 Å². The summed E-state index contributed by atoms with van der Waals surface area (Å²) >= 11 is 0. The van der Waals surface area contributed by atoms with Crippen molar-refractivity contribution in [2.45, 2.75) is 64.1 Å². The summed E-state index contributed by atoms with van der Waals surface area (Å²) in [6, 6.07) is -2.74. The van der Waals surface area contributed by atoms with Gasteiger partial charge in [-0.15, -0.1) is 0 Å². The van der Waals surface area contributed by atoms with Crippen LogP contribution in [0.3, 0.4) is 0 Å². The van der Waals surface area contributed by atoms with Crippen LogP contribution in [-0.4, -0.2) is 73.6 Å². The highest BCUT2D eigenvalue weighted by Crippen LogP contribution is 2.19. The van der Waals surface area contributed by atoms with Gasteiger partial charge in [-0.1, -0.05) is 13.8 Å². The molecule has 0 aromatic heterocycles. The van der Waals surface area contributed by atoms with E-state index in [0.29, 0.717) is 13.0 Å². The second-order valence-corrected chi connectivity index (χ2v) is 8.00. The third-order valence-electron chi connectivity index (χ3n) is 4.86. The summed E-state index contributed by atoms with van der Waals surface area (Å²) < 4.78 is 55.1. The maximum absolute atomic E-state index is 12.8. The summed E-state index contributed by atoms with van der Waals surface area (Å²) in [6.07, 6.45) is -9.78. The predicted octanol–water partition coefficient (Wildman–Crippen LogP) is -0.502. The molecule has 188 valence electrons. The summed E-state index contributed by atoms with van der Waals surface area (Å²) in [7, 11) is 0. The molecule has 10 nitrogen and oxygen atoms in total. The van der Waals surface area contributed by atoms with E-state index < -0.39 is 73.0 Å². The number of carbonyl (C=O) groups excluding carboxylic acids is 5. The minimum Gasteiger partial charge on any atom is -0.361 e. The number of rotatable bonds is 13. The highest BCUT2D eigenvalue weighted by molar-refractivity contribution is 6.34. The highest BCUT2D eigenvalue weighted by atomic mass is 19.3. The Hall–Kier alpha value is -2.77. The molecule has 0 aliphatic carbocycles. The number of ketones is 1. The number of alkyl halides is 4. The van der Waals surface area contributed by atoms with Gasteiger partial charge >= 0.3 is 11.8 Å². The van der Waals surface area contributed by atoms with Crippen molar-refractivity contribution in [1.82, 2.24) is 16.0 Å². The van der Waals surface area contributed by atoms with Gasteiger partial charge in [-0.25, -0.2) is 17.6 Å². The summed E-state index contributed by atoms with van der Waals surface area (Å²) in [5.41, 5.74) is 4.89. The number of hydrogen-bond donors (Lipinski definition) is 4. The van der Waals surface area contributed by atoms with Crippen molar-refractivity contribution in [2.75, 3.05) is 13.2 Å². The van der Waals surface area contributed by atoms with Crippen LogP contribution in [0.5, 0.6) is 0 Å². The van der Waals surface area contributed by atoms with Crippen LogP contribution in [-0.2, 0) is 28.7 Å². The lowest BCUT2D eigenvalue weighted by molar-refractivity contribution is -0.148. The van der Waals surface area contributed by atoms with Crippen molar-refractivity contribution in [1.29, 1.82) is 0 Å². The maximum Gasteiger partial charge on any atom is 0.309 e. The fraction of sp³-hybridized carbons (Fsp3) is 0.737. The van der Waals surface area contributed by atoms with Crippen molar-refractivity contribution in [2.24, 2.45) is 17.6 Å². The number of Topliss-reactive ketones (excluding diaryl/α,β-unsaturated/α-hetero) is 1. The Balaban J connectivity index is 2.99. The molecule has 0 unspecified atom stereocenters. The topological polar surface area (TPSA) is 157 Å². The molecule has 0 aromatic carbocycles. The predicted molar refractivity (Wildman–Crippen MR) is 105 cm³/mol. The molecule has 0 saturated carbocycles. The first kappa shape index (κ1) is 28.3. The van der Waals surface area contributed by atoms with E-state index in [-0.39, 0.29) is 18.8 Å². The zero-order valence-electron chi connectivity index (χ0n) is 18.1. The van der Waals surface area contributed by atoms with Crippen molar-refractivity contribution >= 4 is 29.4 Å². The van der Waals surface area contributed by atoms with Crippen LogP contribution in [0.2, 0.25) is 0 Å². The van der Waals surface area contributed by atoms with Gasteiger partial charge in [-0.3, -0.25) is 24.0 Å². The van der Waals surface area contributed by atoms with E-state index in [4.69, 9.17) is 5.73 Å². The number of hydrogen-bond acceptors (Lipinski definition) is 6. The van der Waals surface area contributed by atoms with Crippen LogP contribution in [0.4, 0.5) is 17.6 Å². The Morgan fingerprint density at radius 1 is 1.09 bits per heavy atom. The average molecular weight is 484 g/mol. The fourth-order valence-corrected chi connectivity index (χ4v) is 3.16. The van der Waals surface area contributed by atoms with E-state index in [1.54, 1.807) is 13.8 Å². The summed E-state index contributed by atoms with van der Waals surface area (Å²) in [5.74, 6) is -5.76. The van der Waals surface area contributed by atoms with E-state index in [2.05, 4.69) is 20.7 Å². The van der Waals surface area contributed by atoms with Crippen molar-refractivity contribution in [3.05, 3.63) is 0 Å². The molecular weight excluding hydrogens is 456 g/mol.